The fraction of sp³-hybridized carbons (Fsp3) is 0.562. The van der Waals surface area contributed by atoms with Crippen LogP contribution in [0.5, 0.6) is 11.5 Å². The van der Waals surface area contributed by atoms with Crippen LogP contribution in [-0.2, 0) is 4.79 Å². The molecule has 2 N–H and O–H groups in total. The van der Waals surface area contributed by atoms with Crippen molar-refractivity contribution in [3.05, 3.63) is 23.8 Å². The van der Waals surface area contributed by atoms with Gasteiger partial charge >= 0.3 is 0 Å². The van der Waals surface area contributed by atoms with Gasteiger partial charge in [0.1, 0.15) is 0 Å². The summed E-state index contributed by atoms with van der Waals surface area (Å²) in [6, 6.07) is 5.63. The molecule has 0 radical (unpaired) electrons. The minimum atomic E-state index is -0.332. The highest BCUT2D eigenvalue weighted by atomic mass is 16.5. The fourth-order valence-electron chi connectivity index (χ4n) is 2.51. The lowest BCUT2D eigenvalue weighted by molar-refractivity contribution is -0.119. The first kappa shape index (κ1) is 14.7. The number of benzene rings is 1. The average Bonchev–Trinajstić information content (AvgIpc) is 2.93. The molecule has 1 aromatic carbocycles. The minimum Gasteiger partial charge on any atom is -0.490 e. The first-order valence-electron chi connectivity index (χ1n) is 7.34. The SMILES string of the molecule is CCOc1ccc(C(C)C(N)=O)cc1OC1CCCC1. The minimum absolute atomic E-state index is 0.258. The molecule has 4 heteroatoms. The highest BCUT2D eigenvalue weighted by molar-refractivity contribution is 5.81. The van der Waals surface area contributed by atoms with Crippen molar-refractivity contribution < 1.29 is 14.3 Å². The van der Waals surface area contributed by atoms with Gasteiger partial charge in [-0.05, 0) is 57.2 Å². The maximum atomic E-state index is 11.3. The van der Waals surface area contributed by atoms with Crippen molar-refractivity contribution in [3.8, 4) is 11.5 Å². The van der Waals surface area contributed by atoms with E-state index in [4.69, 9.17) is 15.2 Å². The van der Waals surface area contributed by atoms with Crippen LogP contribution in [0.15, 0.2) is 18.2 Å². The Morgan fingerprint density at radius 3 is 2.65 bits per heavy atom. The molecule has 20 heavy (non-hydrogen) atoms. The van der Waals surface area contributed by atoms with Crippen molar-refractivity contribution in [2.75, 3.05) is 6.61 Å². The largest absolute Gasteiger partial charge is 0.490 e. The number of carbonyl (C=O) groups is 1. The van der Waals surface area contributed by atoms with Crippen LogP contribution in [-0.4, -0.2) is 18.6 Å². The summed E-state index contributed by atoms with van der Waals surface area (Å²) in [4.78, 5) is 11.3. The van der Waals surface area contributed by atoms with Crippen molar-refractivity contribution in [2.24, 2.45) is 5.73 Å². The van der Waals surface area contributed by atoms with Crippen LogP contribution in [0.3, 0.4) is 0 Å². The Labute approximate surface area is 120 Å². The second kappa shape index (κ2) is 6.64. The van der Waals surface area contributed by atoms with Gasteiger partial charge in [0.05, 0.1) is 18.6 Å². The van der Waals surface area contributed by atoms with Crippen molar-refractivity contribution in [2.45, 2.75) is 51.6 Å². The van der Waals surface area contributed by atoms with Crippen LogP contribution in [0.1, 0.15) is 51.0 Å². The first-order chi connectivity index (χ1) is 9.61. The standard InChI is InChI=1S/C16H23NO3/c1-3-19-14-9-8-12(11(2)16(17)18)10-15(14)20-13-6-4-5-7-13/h8-11,13H,3-7H2,1-2H3,(H2,17,18). The van der Waals surface area contributed by atoms with E-state index in [2.05, 4.69) is 0 Å². The van der Waals surface area contributed by atoms with E-state index in [1.807, 2.05) is 25.1 Å². The summed E-state index contributed by atoms with van der Waals surface area (Å²) >= 11 is 0. The predicted octanol–water partition coefficient (Wildman–Crippen LogP) is 3.00. The zero-order valence-corrected chi connectivity index (χ0v) is 12.2. The molecule has 1 unspecified atom stereocenters. The lowest BCUT2D eigenvalue weighted by Gasteiger charge is -2.18. The van der Waals surface area contributed by atoms with Gasteiger partial charge < -0.3 is 15.2 Å². The third kappa shape index (κ3) is 3.44. The number of rotatable bonds is 6. The third-order valence-electron chi connectivity index (χ3n) is 3.79. The Balaban J connectivity index is 2.23. The number of hydrogen-bond donors (Lipinski definition) is 1. The summed E-state index contributed by atoms with van der Waals surface area (Å²) in [7, 11) is 0. The van der Waals surface area contributed by atoms with Crippen LogP contribution in [0, 0.1) is 0 Å². The van der Waals surface area contributed by atoms with Crippen LogP contribution in [0.2, 0.25) is 0 Å². The number of ether oxygens (including phenoxy) is 2. The molecule has 0 aromatic heterocycles. The van der Waals surface area contributed by atoms with Gasteiger partial charge in [-0.25, -0.2) is 0 Å². The number of hydrogen-bond acceptors (Lipinski definition) is 3. The monoisotopic (exact) mass is 277 g/mol. The molecule has 4 nitrogen and oxygen atoms in total. The molecule has 0 bridgehead atoms. The van der Waals surface area contributed by atoms with E-state index in [9.17, 15) is 4.79 Å². The predicted molar refractivity (Wildman–Crippen MR) is 78.1 cm³/mol. The molecule has 1 amide bonds. The van der Waals surface area contributed by atoms with Crippen molar-refractivity contribution >= 4 is 5.91 Å². The van der Waals surface area contributed by atoms with E-state index in [1.165, 1.54) is 12.8 Å². The van der Waals surface area contributed by atoms with Crippen LogP contribution in [0.25, 0.3) is 0 Å². The molecule has 1 atom stereocenters. The van der Waals surface area contributed by atoms with Crippen LogP contribution in [0.4, 0.5) is 0 Å². The van der Waals surface area contributed by atoms with E-state index >= 15 is 0 Å². The Morgan fingerprint density at radius 1 is 1.35 bits per heavy atom. The Hall–Kier alpha value is -1.71. The Kier molecular flexibility index (Phi) is 4.88. The van der Waals surface area contributed by atoms with Gasteiger partial charge in [0.25, 0.3) is 0 Å². The first-order valence-corrected chi connectivity index (χ1v) is 7.34. The van der Waals surface area contributed by atoms with Gasteiger partial charge in [-0.3, -0.25) is 4.79 Å². The summed E-state index contributed by atoms with van der Waals surface area (Å²) in [6.07, 6.45) is 4.86. The van der Waals surface area contributed by atoms with Gasteiger partial charge in [0.2, 0.25) is 5.91 Å². The molecule has 0 spiro atoms. The molecule has 0 heterocycles. The normalized spacial score (nSPS) is 16.9. The quantitative estimate of drug-likeness (QED) is 0.869. The number of nitrogens with two attached hydrogens (primary N) is 1. The average molecular weight is 277 g/mol. The highest BCUT2D eigenvalue weighted by Crippen LogP contribution is 2.34. The van der Waals surface area contributed by atoms with E-state index in [0.717, 1.165) is 29.9 Å². The van der Waals surface area contributed by atoms with E-state index < -0.39 is 0 Å². The molecule has 0 aliphatic heterocycles. The van der Waals surface area contributed by atoms with Gasteiger partial charge in [-0.15, -0.1) is 0 Å². The highest BCUT2D eigenvalue weighted by Gasteiger charge is 2.20. The Bertz CT molecular complexity index is 467. The fourth-order valence-corrected chi connectivity index (χ4v) is 2.51. The van der Waals surface area contributed by atoms with Crippen LogP contribution < -0.4 is 15.2 Å². The van der Waals surface area contributed by atoms with Gasteiger partial charge in [0.15, 0.2) is 11.5 Å². The summed E-state index contributed by atoms with van der Waals surface area (Å²) < 4.78 is 11.7. The lowest BCUT2D eigenvalue weighted by atomic mass is 10.0. The summed E-state index contributed by atoms with van der Waals surface area (Å²) in [5, 5.41) is 0. The second-order valence-corrected chi connectivity index (χ2v) is 5.29. The summed E-state index contributed by atoms with van der Waals surface area (Å²) in [5.41, 5.74) is 6.24. The smallest absolute Gasteiger partial charge is 0.224 e. The molecule has 1 saturated carbocycles. The zero-order valence-electron chi connectivity index (χ0n) is 12.2. The lowest BCUT2D eigenvalue weighted by Crippen LogP contribution is -2.19. The van der Waals surface area contributed by atoms with Crippen LogP contribution >= 0.6 is 0 Å². The molecular weight excluding hydrogens is 254 g/mol. The third-order valence-corrected chi connectivity index (χ3v) is 3.79. The van der Waals surface area contributed by atoms with Crippen molar-refractivity contribution in [3.63, 3.8) is 0 Å². The molecule has 1 fully saturated rings. The van der Waals surface area contributed by atoms with Gasteiger partial charge in [0, 0.05) is 0 Å². The van der Waals surface area contributed by atoms with Gasteiger partial charge in [-0.1, -0.05) is 6.07 Å². The molecule has 110 valence electrons. The van der Waals surface area contributed by atoms with E-state index in [1.54, 1.807) is 6.92 Å². The molecule has 1 aromatic rings. The Morgan fingerprint density at radius 2 is 2.05 bits per heavy atom. The number of amides is 1. The van der Waals surface area contributed by atoms with Crippen molar-refractivity contribution in [1.82, 2.24) is 0 Å². The molecule has 1 aliphatic rings. The molecule has 2 rings (SSSR count). The number of carbonyl (C=O) groups excluding carboxylic acids is 1. The molecule has 1 aliphatic carbocycles. The number of primary amides is 1. The summed E-state index contributed by atoms with van der Waals surface area (Å²) in [5.74, 6) is 0.807. The maximum Gasteiger partial charge on any atom is 0.224 e. The zero-order chi connectivity index (χ0) is 14.5. The second-order valence-electron chi connectivity index (χ2n) is 5.29. The molecular formula is C16H23NO3. The molecule has 0 saturated heterocycles. The summed E-state index contributed by atoms with van der Waals surface area (Å²) in [6.45, 7) is 4.34. The van der Waals surface area contributed by atoms with Gasteiger partial charge in [-0.2, -0.15) is 0 Å². The topological polar surface area (TPSA) is 61.5 Å². The van der Waals surface area contributed by atoms with Crippen molar-refractivity contribution in [1.29, 1.82) is 0 Å². The maximum absolute atomic E-state index is 11.3. The van der Waals surface area contributed by atoms with E-state index in [0.29, 0.717) is 6.61 Å². The van der Waals surface area contributed by atoms with E-state index in [-0.39, 0.29) is 17.9 Å².